The lowest BCUT2D eigenvalue weighted by atomic mass is 9.81. The summed E-state index contributed by atoms with van der Waals surface area (Å²) in [6.45, 7) is 0.458. The van der Waals surface area contributed by atoms with Crippen LogP contribution in [0.5, 0.6) is 0 Å². The minimum absolute atomic E-state index is 0.416. The lowest BCUT2D eigenvalue weighted by Crippen LogP contribution is -2.23. The van der Waals surface area contributed by atoms with Crippen molar-refractivity contribution in [2.24, 2.45) is 0 Å². The third-order valence-electron chi connectivity index (χ3n) is 4.98. The molecule has 4 rings (SSSR count). The number of anilines is 1. The van der Waals surface area contributed by atoms with Crippen LogP contribution in [-0.2, 0) is 28.8 Å². The van der Waals surface area contributed by atoms with Crippen molar-refractivity contribution < 1.29 is 14.6 Å². The zero-order valence-electron chi connectivity index (χ0n) is 12.7. The molecule has 2 aliphatic rings. The molecule has 1 aromatic carbocycles. The molecular weight excluding hydrogens is 294 g/mol. The minimum Gasteiger partial charge on any atom is -0.479 e. The fourth-order valence-electron chi connectivity index (χ4n) is 3.75. The predicted octanol–water partition coefficient (Wildman–Crippen LogP) is 1.96. The molecule has 2 aromatic rings. The lowest BCUT2D eigenvalue weighted by Gasteiger charge is -2.27. The number of nitrogen functional groups attached to an aromatic ring is 1. The third-order valence-corrected chi connectivity index (χ3v) is 4.98. The van der Waals surface area contributed by atoms with Gasteiger partial charge >= 0.3 is 5.97 Å². The maximum atomic E-state index is 11.3. The molecule has 0 spiro atoms. The molecule has 0 saturated heterocycles. The summed E-state index contributed by atoms with van der Waals surface area (Å²) in [6.07, 6.45) is 2.80. The number of carboxylic acid groups (broad SMARTS) is 1. The number of rotatable bonds is 2. The summed E-state index contributed by atoms with van der Waals surface area (Å²) < 4.78 is 5.37. The molecule has 2 unspecified atom stereocenters. The maximum absolute atomic E-state index is 11.3. The summed E-state index contributed by atoms with van der Waals surface area (Å²) in [7, 11) is 0. The van der Waals surface area contributed by atoms with Crippen molar-refractivity contribution in [1.29, 1.82) is 0 Å². The Morgan fingerprint density at radius 2 is 2.26 bits per heavy atom. The summed E-state index contributed by atoms with van der Waals surface area (Å²) in [5.74, 6) is 0.109. The summed E-state index contributed by atoms with van der Waals surface area (Å²) in [4.78, 5) is 11.3. The van der Waals surface area contributed by atoms with Gasteiger partial charge < -0.3 is 15.6 Å². The molecule has 4 N–H and O–H groups in total. The standard InChI is InChI=1S/C17H19N3O3/c18-16-13-4-2-10(8-14(13)19-20-16)9-1-3-12-11(7-9)5-6-23-15(12)17(21)22/h1,3,7,10,15H,2,4-6,8H2,(H,21,22)(H3,18,19,20). The molecule has 120 valence electrons. The van der Waals surface area contributed by atoms with Crippen molar-refractivity contribution in [2.75, 3.05) is 12.3 Å². The SMILES string of the molecule is Nc1n[nH]c2c1CCC(c1ccc3c(c1)CCOC3C(=O)O)C2. The fourth-order valence-corrected chi connectivity index (χ4v) is 3.75. The van der Waals surface area contributed by atoms with Crippen molar-refractivity contribution in [3.05, 3.63) is 46.1 Å². The van der Waals surface area contributed by atoms with E-state index in [2.05, 4.69) is 16.3 Å². The predicted molar refractivity (Wildman–Crippen MR) is 84.2 cm³/mol. The Bertz CT molecular complexity index is 768. The molecule has 0 amide bonds. The van der Waals surface area contributed by atoms with Crippen LogP contribution in [0.3, 0.4) is 0 Å². The summed E-state index contributed by atoms with van der Waals surface area (Å²) in [5, 5.41) is 16.4. The fraction of sp³-hybridized carbons (Fsp3) is 0.412. The van der Waals surface area contributed by atoms with E-state index >= 15 is 0 Å². The van der Waals surface area contributed by atoms with E-state index in [-0.39, 0.29) is 0 Å². The molecule has 0 radical (unpaired) electrons. The van der Waals surface area contributed by atoms with E-state index in [0.29, 0.717) is 18.3 Å². The Balaban J connectivity index is 1.63. The lowest BCUT2D eigenvalue weighted by molar-refractivity contribution is -0.151. The van der Waals surface area contributed by atoms with Crippen LogP contribution in [0.25, 0.3) is 0 Å². The second-order valence-electron chi connectivity index (χ2n) is 6.30. The van der Waals surface area contributed by atoms with E-state index in [0.717, 1.165) is 48.1 Å². The van der Waals surface area contributed by atoms with Crippen molar-refractivity contribution in [3.8, 4) is 0 Å². The molecule has 23 heavy (non-hydrogen) atoms. The molecule has 2 atom stereocenters. The summed E-state index contributed by atoms with van der Waals surface area (Å²) in [6, 6.07) is 6.11. The monoisotopic (exact) mass is 313 g/mol. The van der Waals surface area contributed by atoms with Gasteiger partial charge in [-0.2, -0.15) is 5.10 Å². The van der Waals surface area contributed by atoms with Crippen molar-refractivity contribution in [3.63, 3.8) is 0 Å². The van der Waals surface area contributed by atoms with E-state index in [1.807, 2.05) is 12.1 Å². The number of nitrogens with one attached hydrogen (secondary N) is 1. The van der Waals surface area contributed by atoms with Crippen LogP contribution in [0.2, 0.25) is 0 Å². The number of carboxylic acids is 1. The van der Waals surface area contributed by atoms with E-state index < -0.39 is 12.1 Å². The molecule has 0 fully saturated rings. The maximum Gasteiger partial charge on any atom is 0.337 e. The molecule has 6 heteroatoms. The molecule has 0 bridgehead atoms. The Hall–Kier alpha value is -2.34. The first-order chi connectivity index (χ1) is 11.1. The quantitative estimate of drug-likeness (QED) is 0.787. The summed E-state index contributed by atoms with van der Waals surface area (Å²) >= 11 is 0. The van der Waals surface area contributed by atoms with Gasteiger partial charge in [-0.25, -0.2) is 4.79 Å². The molecular formula is C17H19N3O3. The number of aliphatic carboxylic acids is 1. The van der Waals surface area contributed by atoms with Crippen LogP contribution in [0, 0.1) is 0 Å². The largest absolute Gasteiger partial charge is 0.479 e. The number of ether oxygens (including phenoxy) is 1. The van der Waals surface area contributed by atoms with E-state index in [9.17, 15) is 9.90 Å². The Labute approximate surface area is 133 Å². The van der Waals surface area contributed by atoms with Gasteiger partial charge in [-0.15, -0.1) is 0 Å². The highest BCUT2D eigenvalue weighted by Crippen LogP contribution is 2.36. The second-order valence-corrected chi connectivity index (χ2v) is 6.30. The van der Waals surface area contributed by atoms with E-state index in [4.69, 9.17) is 10.5 Å². The minimum atomic E-state index is -0.922. The van der Waals surface area contributed by atoms with Crippen molar-refractivity contribution in [1.82, 2.24) is 10.2 Å². The third kappa shape index (κ3) is 2.39. The number of nitrogens with two attached hydrogens (primary N) is 1. The Kier molecular flexibility index (Phi) is 3.34. The van der Waals surface area contributed by atoms with Gasteiger partial charge in [0.15, 0.2) is 6.10 Å². The van der Waals surface area contributed by atoms with Gasteiger partial charge in [0.05, 0.1) is 6.61 Å². The normalized spacial score (nSPS) is 23.1. The number of aromatic nitrogens is 2. The van der Waals surface area contributed by atoms with Gasteiger partial charge in [0.2, 0.25) is 0 Å². The number of aromatic amines is 1. The highest BCUT2D eigenvalue weighted by molar-refractivity contribution is 5.75. The number of H-pyrrole nitrogens is 1. The number of benzene rings is 1. The van der Waals surface area contributed by atoms with Gasteiger partial charge in [-0.05, 0) is 48.3 Å². The van der Waals surface area contributed by atoms with Crippen LogP contribution in [0.15, 0.2) is 18.2 Å². The zero-order chi connectivity index (χ0) is 16.0. The number of nitrogens with zero attached hydrogens (tertiary/aromatic N) is 1. The van der Waals surface area contributed by atoms with Gasteiger partial charge in [0, 0.05) is 11.3 Å². The molecule has 6 nitrogen and oxygen atoms in total. The van der Waals surface area contributed by atoms with Crippen molar-refractivity contribution in [2.45, 2.75) is 37.7 Å². The first kappa shape index (κ1) is 14.3. The summed E-state index contributed by atoms with van der Waals surface area (Å²) in [5.41, 5.74) is 11.3. The van der Waals surface area contributed by atoms with Crippen LogP contribution >= 0.6 is 0 Å². The van der Waals surface area contributed by atoms with E-state index in [1.54, 1.807) is 0 Å². The number of carbonyl (C=O) groups is 1. The molecule has 1 aliphatic carbocycles. The van der Waals surface area contributed by atoms with E-state index in [1.165, 1.54) is 5.56 Å². The Morgan fingerprint density at radius 3 is 3.09 bits per heavy atom. The number of hydrogen-bond donors (Lipinski definition) is 3. The topological polar surface area (TPSA) is 101 Å². The zero-order valence-corrected chi connectivity index (χ0v) is 12.7. The smallest absolute Gasteiger partial charge is 0.337 e. The number of fused-ring (bicyclic) bond motifs is 2. The highest BCUT2D eigenvalue weighted by Gasteiger charge is 2.29. The molecule has 0 saturated carbocycles. The van der Waals surface area contributed by atoms with Crippen LogP contribution in [0.4, 0.5) is 5.82 Å². The van der Waals surface area contributed by atoms with Gasteiger partial charge in [0.1, 0.15) is 5.82 Å². The first-order valence-electron chi connectivity index (χ1n) is 7.92. The van der Waals surface area contributed by atoms with Gasteiger partial charge in [0.25, 0.3) is 0 Å². The van der Waals surface area contributed by atoms with Crippen LogP contribution < -0.4 is 5.73 Å². The molecule has 1 aliphatic heterocycles. The Morgan fingerprint density at radius 1 is 1.39 bits per heavy atom. The highest BCUT2D eigenvalue weighted by atomic mass is 16.5. The second kappa shape index (κ2) is 5.38. The van der Waals surface area contributed by atoms with Gasteiger partial charge in [-0.1, -0.05) is 18.2 Å². The molecule has 2 heterocycles. The average Bonchev–Trinajstić information content (AvgIpc) is 2.94. The number of hydrogen-bond acceptors (Lipinski definition) is 4. The van der Waals surface area contributed by atoms with Crippen molar-refractivity contribution >= 4 is 11.8 Å². The van der Waals surface area contributed by atoms with Crippen LogP contribution in [-0.4, -0.2) is 27.9 Å². The molecule has 1 aromatic heterocycles. The van der Waals surface area contributed by atoms with Crippen LogP contribution in [0.1, 0.15) is 46.4 Å². The average molecular weight is 313 g/mol. The first-order valence-corrected chi connectivity index (χ1v) is 7.92. The van der Waals surface area contributed by atoms with Gasteiger partial charge in [-0.3, -0.25) is 5.10 Å².